The molecular weight excluding hydrogens is 725 g/mol. The van der Waals surface area contributed by atoms with Gasteiger partial charge in [-0.15, -0.1) is 18.3 Å². The SMILES string of the molecule is C=CCOC12Oc3ccc(OCCSc4ccccc4)cc3C3C(CCCCO)C(CCCCO)C=C(C(=NOCC)CC1N(C)C(=O)CCC1CCCC1)C32. The van der Waals surface area contributed by atoms with Gasteiger partial charge in [0.15, 0.2) is 0 Å². The second-order valence-electron chi connectivity index (χ2n) is 15.9. The Morgan fingerprint density at radius 2 is 1.82 bits per heavy atom. The normalized spacial score (nSPS) is 26.2. The van der Waals surface area contributed by atoms with Gasteiger partial charge < -0.3 is 34.2 Å². The standard InChI is InChI=1S/C46H64N2O7S/c1-4-27-53-46-42(48(3)43(51)24-21-33-15-9-10-16-33)32-40(47-54-5-2)38-30-34(17-11-13-25-49)37(20-12-14-26-50)44(45(38)46)39-31-35(22-23-41(39)55-46)52-28-29-56-36-18-7-6-8-19-36/h4,6-8,18-19,22-23,30-31,33-34,37,42,44-45,49-50H,1,5,9-17,20-21,24-29,32H2,2-3H3. The molecule has 2 aromatic rings. The highest BCUT2D eigenvalue weighted by atomic mass is 32.2. The van der Waals surface area contributed by atoms with Crippen LogP contribution in [-0.2, 0) is 14.4 Å². The van der Waals surface area contributed by atoms with Crippen molar-refractivity contribution in [3.8, 4) is 11.5 Å². The summed E-state index contributed by atoms with van der Waals surface area (Å²) in [6, 6.07) is 16.1. The summed E-state index contributed by atoms with van der Waals surface area (Å²) >= 11 is 1.77. The maximum absolute atomic E-state index is 14.2. The number of fused-ring (bicyclic) bond motifs is 2. The lowest BCUT2D eigenvalue weighted by Gasteiger charge is -2.59. The monoisotopic (exact) mass is 788 g/mol. The Morgan fingerprint density at radius 3 is 2.55 bits per heavy atom. The molecule has 1 aliphatic heterocycles. The number of likely N-dealkylation sites (N-methyl/N-ethyl adjacent to an activating group) is 1. The Bertz CT molecular complexity index is 1630. The van der Waals surface area contributed by atoms with Crippen molar-refractivity contribution in [2.75, 3.05) is 45.8 Å². The maximum atomic E-state index is 14.2. The number of carbonyl (C=O) groups is 1. The minimum atomic E-state index is -1.22. The van der Waals surface area contributed by atoms with E-state index < -0.39 is 11.8 Å². The van der Waals surface area contributed by atoms with Crippen LogP contribution in [0.3, 0.4) is 0 Å². The second-order valence-corrected chi connectivity index (χ2v) is 17.1. The van der Waals surface area contributed by atoms with Crippen molar-refractivity contribution in [1.82, 2.24) is 4.90 Å². The summed E-state index contributed by atoms with van der Waals surface area (Å²) in [4.78, 5) is 23.2. The van der Waals surface area contributed by atoms with Crippen molar-refractivity contribution in [3.05, 3.63) is 78.4 Å². The first-order valence-corrected chi connectivity index (χ1v) is 22.2. The number of rotatable bonds is 22. The molecule has 6 unspecified atom stereocenters. The lowest BCUT2D eigenvalue weighted by molar-refractivity contribution is -0.255. The largest absolute Gasteiger partial charge is 0.493 e. The Balaban J connectivity index is 1.43. The molecule has 1 heterocycles. The number of ether oxygens (including phenoxy) is 3. The molecule has 4 aliphatic rings. The number of amides is 1. The number of carbonyl (C=O) groups excluding carboxylic acids is 1. The van der Waals surface area contributed by atoms with Gasteiger partial charge in [0, 0.05) is 55.2 Å². The van der Waals surface area contributed by atoms with E-state index in [9.17, 15) is 15.0 Å². The van der Waals surface area contributed by atoms with Crippen molar-refractivity contribution in [2.24, 2.45) is 28.8 Å². The second kappa shape index (κ2) is 20.9. The minimum absolute atomic E-state index is 0.0692. The Kier molecular flexibility index (Phi) is 15.8. The van der Waals surface area contributed by atoms with E-state index in [0.29, 0.717) is 32.0 Å². The molecule has 0 bridgehead atoms. The third-order valence-electron chi connectivity index (χ3n) is 12.4. The number of hydrogen-bond acceptors (Lipinski definition) is 9. The summed E-state index contributed by atoms with van der Waals surface area (Å²) in [6.45, 7) is 7.50. The molecule has 1 amide bonds. The summed E-state index contributed by atoms with van der Waals surface area (Å²) in [5.74, 6) is 1.78. The minimum Gasteiger partial charge on any atom is -0.493 e. The van der Waals surface area contributed by atoms with E-state index in [0.717, 1.165) is 79.0 Å². The van der Waals surface area contributed by atoms with Crippen LogP contribution in [0.5, 0.6) is 11.5 Å². The summed E-state index contributed by atoms with van der Waals surface area (Å²) in [5, 5.41) is 24.5. The van der Waals surface area contributed by atoms with Gasteiger partial charge in [-0.1, -0.05) is 74.0 Å². The van der Waals surface area contributed by atoms with Gasteiger partial charge in [-0.25, -0.2) is 0 Å². The van der Waals surface area contributed by atoms with Gasteiger partial charge in [0.25, 0.3) is 0 Å². The fraction of sp³-hybridized carbons (Fsp3) is 0.609. The molecule has 9 nitrogen and oxygen atoms in total. The van der Waals surface area contributed by atoms with E-state index in [-0.39, 0.29) is 49.4 Å². The van der Waals surface area contributed by atoms with Crippen LogP contribution >= 0.6 is 11.8 Å². The molecule has 56 heavy (non-hydrogen) atoms. The zero-order valence-electron chi connectivity index (χ0n) is 33.6. The van der Waals surface area contributed by atoms with E-state index >= 15 is 0 Å². The van der Waals surface area contributed by atoms with E-state index in [1.807, 2.05) is 37.1 Å². The molecule has 6 atom stereocenters. The molecular formula is C46H64N2O7S. The average molecular weight is 789 g/mol. The molecule has 2 N–H and O–H groups in total. The van der Waals surface area contributed by atoms with Crippen LogP contribution in [0.1, 0.15) is 102 Å². The molecule has 306 valence electrons. The van der Waals surface area contributed by atoms with Gasteiger partial charge in [-0.3, -0.25) is 4.79 Å². The smallest absolute Gasteiger partial charge is 0.239 e. The predicted molar refractivity (Wildman–Crippen MR) is 223 cm³/mol. The summed E-state index contributed by atoms with van der Waals surface area (Å²) < 4.78 is 20.7. The fourth-order valence-electron chi connectivity index (χ4n) is 9.77. The van der Waals surface area contributed by atoms with E-state index in [2.05, 4.69) is 43.0 Å². The topological polar surface area (TPSA) is 110 Å². The van der Waals surface area contributed by atoms with Crippen molar-refractivity contribution in [2.45, 2.75) is 113 Å². The number of aliphatic hydroxyl groups excluding tert-OH is 2. The highest BCUT2D eigenvalue weighted by molar-refractivity contribution is 7.99. The molecule has 0 aromatic heterocycles. The van der Waals surface area contributed by atoms with Crippen molar-refractivity contribution in [3.63, 3.8) is 0 Å². The quantitative estimate of drug-likeness (QED) is 0.0527. The van der Waals surface area contributed by atoms with E-state index in [1.54, 1.807) is 17.8 Å². The van der Waals surface area contributed by atoms with E-state index in [4.69, 9.17) is 24.2 Å². The Hall–Kier alpha value is -3.31. The van der Waals surface area contributed by atoms with Crippen LogP contribution in [0.4, 0.5) is 0 Å². The number of aliphatic hydroxyl groups is 2. The van der Waals surface area contributed by atoms with Crippen molar-refractivity contribution >= 4 is 23.4 Å². The maximum Gasteiger partial charge on any atom is 0.239 e. The van der Waals surface area contributed by atoms with E-state index in [1.165, 1.54) is 30.6 Å². The highest BCUT2D eigenvalue weighted by Gasteiger charge is 2.65. The molecule has 2 saturated carbocycles. The third kappa shape index (κ3) is 9.86. The fourth-order valence-corrected chi connectivity index (χ4v) is 10.5. The first-order chi connectivity index (χ1) is 27.4. The number of nitrogens with zero attached hydrogens (tertiary/aromatic N) is 2. The number of unbranched alkanes of at least 4 members (excludes halogenated alkanes) is 2. The predicted octanol–water partition coefficient (Wildman–Crippen LogP) is 8.94. The first kappa shape index (κ1) is 42.3. The van der Waals surface area contributed by atoms with Gasteiger partial charge in [-0.05, 0) is 92.7 Å². The molecule has 2 aromatic carbocycles. The third-order valence-corrected chi connectivity index (χ3v) is 13.4. The van der Waals surface area contributed by atoms with Crippen LogP contribution in [0.15, 0.2) is 82.9 Å². The zero-order valence-corrected chi connectivity index (χ0v) is 34.4. The number of oxime groups is 1. The molecule has 0 saturated heterocycles. The first-order valence-electron chi connectivity index (χ1n) is 21.2. The number of thioether (sulfide) groups is 1. The molecule has 2 fully saturated rings. The van der Waals surface area contributed by atoms with Crippen molar-refractivity contribution in [1.29, 1.82) is 0 Å². The zero-order chi connectivity index (χ0) is 39.3. The lowest BCUT2D eigenvalue weighted by atomic mass is 9.55. The Morgan fingerprint density at radius 1 is 1.05 bits per heavy atom. The highest BCUT2D eigenvalue weighted by Crippen LogP contribution is 2.62. The van der Waals surface area contributed by atoms with Gasteiger partial charge >= 0.3 is 0 Å². The van der Waals surface area contributed by atoms with Crippen LogP contribution in [0.25, 0.3) is 0 Å². The number of benzene rings is 2. The van der Waals surface area contributed by atoms with Crippen LogP contribution < -0.4 is 9.47 Å². The van der Waals surface area contributed by atoms with Crippen LogP contribution in [0, 0.1) is 23.7 Å². The summed E-state index contributed by atoms with van der Waals surface area (Å²) in [7, 11) is 1.91. The molecule has 0 spiro atoms. The van der Waals surface area contributed by atoms with Gasteiger partial charge in [0.1, 0.15) is 24.1 Å². The van der Waals surface area contributed by atoms with Gasteiger partial charge in [-0.2, -0.15) is 0 Å². The molecule has 0 radical (unpaired) electrons. The van der Waals surface area contributed by atoms with Crippen LogP contribution in [0.2, 0.25) is 0 Å². The summed E-state index contributed by atoms with van der Waals surface area (Å²) in [5.41, 5.74) is 2.96. The summed E-state index contributed by atoms with van der Waals surface area (Å²) in [6.07, 6.45) is 15.9. The molecule has 10 heteroatoms. The number of hydrogen-bond donors (Lipinski definition) is 2. The lowest BCUT2D eigenvalue weighted by Crippen LogP contribution is -2.69. The Labute approximate surface area is 338 Å². The number of allylic oxidation sites excluding steroid dienone is 1. The van der Waals surface area contributed by atoms with Gasteiger partial charge in [0.2, 0.25) is 11.7 Å². The van der Waals surface area contributed by atoms with Crippen LogP contribution in [-0.4, -0.2) is 84.4 Å². The molecule has 3 aliphatic carbocycles. The molecule has 6 rings (SSSR count). The van der Waals surface area contributed by atoms with Gasteiger partial charge in [0.05, 0.1) is 24.8 Å². The van der Waals surface area contributed by atoms with Crippen molar-refractivity contribution < 1.29 is 34.1 Å². The average Bonchev–Trinajstić information content (AvgIpc) is 3.75.